The average Bonchev–Trinajstić information content (AvgIpc) is 2.19. The SMILES string of the molecule is CCC(CC)CNC(=O)C(C)(C)CCl. The van der Waals surface area contributed by atoms with Crippen molar-refractivity contribution in [1.29, 1.82) is 0 Å². The van der Waals surface area contributed by atoms with Gasteiger partial charge in [-0.1, -0.05) is 26.7 Å². The van der Waals surface area contributed by atoms with E-state index in [0.29, 0.717) is 11.8 Å². The van der Waals surface area contributed by atoms with E-state index in [0.717, 1.165) is 19.4 Å². The Kier molecular flexibility index (Phi) is 6.17. The van der Waals surface area contributed by atoms with Crippen LogP contribution in [0.5, 0.6) is 0 Å². The molecule has 0 aromatic carbocycles. The highest BCUT2D eigenvalue weighted by Crippen LogP contribution is 2.17. The molecule has 0 unspecified atom stereocenters. The molecule has 14 heavy (non-hydrogen) atoms. The van der Waals surface area contributed by atoms with Crippen molar-refractivity contribution < 1.29 is 4.79 Å². The Bertz CT molecular complexity index is 176. The zero-order valence-corrected chi connectivity index (χ0v) is 10.4. The van der Waals surface area contributed by atoms with Crippen molar-refractivity contribution in [3.8, 4) is 0 Å². The van der Waals surface area contributed by atoms with Crippen LogP contribution in [0.25, 0.3) is 0 Å². The molecule has 0 fully saturated rings. The van der Waals surface area contributed by atoms with E-state index in [9.17, 15) is 4.79 Å². The van der Waals surface area contributed by atoms with Crippen molar-refractivity contribution in [3.63, 3.8) is 0 Å². The normalized spacial score (nSPS) is 11.9. The predicted molar refractivity (Wildman–Crippen MR) is 61.6 cm³/mol. The largest absolute Gasteiger partial charge is 0.355 e. The molecule has 0 saturated carbocycles. The second kappa shape index (κ2) is 6.28. The van der Waals surface area contributed by atoms with Gasteiger partial charge in [-0.15, -0.1) is 11.6 Å². The summed E-state index contributed by atoms with van der Waals surface area (Å²) in [6.07, 6.45) is 2.22. The third-order valence-electron chi connectivity index (χ3n) is 2.65. The molecule has 1 amide bonds. The summed E-state index contributed by atoms with van der Waals surface area (Å²) in [6, 6.07) is 0. The summed E-state index contributed by atoms with van der Waals surface area (Å²) in [5.41, 5.74) is -0.451. The van der Waals surface area contributed by atoms with Gasteiger partial charge in [-0.3, -0.25) is 4.79 Å². The summed E-state index contributed by atoms with van der Waals surface area (Å²) in [7, 11) is 0. The maximum absolute atomic E-state index is 11.6. The number of halogens is 1. The van der Waals surface area contributed by atoms with Gasteiger partial charge in [-0.25, -0.2) is 0 Å². The van der Waals surface area contributed by atoms with E-state index in [-0.39, 0.29) is 5.91 Å². The molecule has 0 heterocycles. The van der Waals surface area contributed by atoms with Crippen LogP contribution in [0.1, 0.15) is 40.5 Å². The molecule has 84 valence electrons. The number of rotatable bonds is 6. The number of carbonyl (C=O) groups excluding carboxylic acids is 1. The molecule has 0 aliphatic heterocycles. The quantitative estimate of drug-likeness (QED) is 0.684. The number of nitrogens with one attached hydrogen (secondary N) is 1. The van der Waals surface area contributed by atoms with E-state index >= 15 is 0 Å². The fourth-order valence-corrected chi connectivity index (χ4v) is 1.24. The summed E-state index contributed by atoms with van der Waals surface area (Å²) >= 11 is 5.71. The Morgan fingerprint density at radius 3 is 2.21 bits per heavy atom. The van der Waals surface area contributed by atoms with Gasteiger partial charge in [0.2, 0.25) is 5.91 Å². The first-order valence-electron chi connectivity index (χ1n) is 5.32. The van der Waals surface area contributed by atoms with E-state index in [4.69, 9.17) is 11.6 Å². The molecule has 2 nitrogen and oxygen atoms in total. The number of carbonyl (C=O) groups is 1. The minimum Gasteiger partial charge on any atom is -0.355 e. The van der Waals surface area contributed by atoms with Crippen LogP contribution < -0.4 is 5.32 Å². The highest BCUT2D eigenvalue weighted by Gasteiger charge is 2.26. The monoisotopic (exact) mass is 219 g/mol. The Morgan fingerprint density at radius 2 is 1.86 bits per heavy atom. The number of amides is 1. The minimum absolute atomic E-state index is 0.0550. The summed E-state index contributed by atoms with van der Waals surface area (Å²) in [5.74, 6) is 1.01. The average molecular weight is 220 g/mol. The third-order valence-corrected chi connectivity index (χ3v) is 3.32. The summed E-state index contributed by atoms with van der Waals surface area (Å²) in [5, 5.41) is 2.95. The van der Waals surface area contributed by atoms with E-state index in [1.54, 1.807) is 0 Å². The van der Waals surface area contributed by atoms with Crippen molar-refractivity contribution in [2.24, 2.45) is 11.3 Å². The van der Waals surface area contributed by atoms with Crippen molar-refractivity contribution in [1.82, 2.24) is 5.32 Å². The zero-order chi connectivity index (χ0) is 11.2. The van der Waals surface area contributed by atoms with Crippen molar-refractivity contribution in [2.45, 2.75) is 40.5 Å². The number of hydrogen-bond donors (Lipinski definition) is 1. The Labute approximate surface area is 92.4 Å². The van der Waals surface area contributed by atoms with Gasteiger partial charge in [0, 0.05) is 12.4 Å². The van der Waals surface area contributed by atoms with Gasteiger partial charge in [0.15, 0.2) is 0 Å². The Morgan fingerprint density at radius 1 is 1.36 bits per heavy atom. The number of alkyl halides is 1. The zero-order valence-electron chi connectivity index (χ0n) is 9.69. The van der Waals surface area contributed by atoms with Crippen LogP contribution in [0.15, 0.2) is 0 Å². The molecular weight excluding hydrogens is 198 g/mol. The molecule has 0 rings (SSSR count). The highest BCUT2D eigenvalue weighted by atomic mass is 35.5. The first-order chi connectivity index (χ1) is 6.47. The minimum atomic E-state index is -0.451. The van der Waals surface area contributed by atoms with Crippen LogP contribution in [-0.2, 0) is 4.79 Å². The third kappa shape index (κ3) is 4.32. The van der Waals surface area contributed by atoms with E-state index < -0.39 is 5.41 Å². The first-order valence-corrected chi connectivity index (χ1v) is 5.85. The molecule has 0 aliphatic rings. The second-order valence-electron chi connectivity index (χ2n) is 4.41. The molecule has 0 atom stereocenters. The predicted octanol–water partition coefficient (Wildman–Crippen LogP) is 2.80. The summed E-state index contributed by atoms with van der Waals surface area (Å²) in [4.78, 5) is 11.6. The molecule has 1 N–H and O–H groups in total. The molecule has 0 aromatic rings. The van der Waals surface area contributed by atoms with Gasteiger partial charge in [-0.05, 0) is 19.8 Å². The van der Waals surface area contributed by atoms with Crippen LogP contribution >= 0.6 is 11.6 Å². The molecule has 0 saturated heterocycles. The van der Waals surface area contributed by atoms with E-state index in [2.05, 4.69) is 19.2 Å². The maximum atomic E-state index is 11.6. The standard InChI is InChI=1S/C11H22ClNO/c1-5-9(6-2)7-13-10(14)11(3,4)8-12/h9H,5-8H2,1-4H3,(H,13,14). The van der Waals surface area contributed by atoms with Crippen molar-refractivity contribution in [3.05, 3.63) is 0 Å². The van der Waals surface area contributed by atoms with Gasteiger partial charge in [0.1, 0.15) is 0 Å². The summed E-state index contributed by atoms with van der Waals surface area (Å²) < 4.78 is 0. The lowest BCUT2D eigenvalue weighted by molar-refractivity contribution is -0.128. The van der Waals surface area contributed by atoms with Crippen LogP contribution in [0, 0.1) is 11.3 Å². The first kappa shape index (κ1) is 13.8. The maximum Gasteiger partial charge on any atom is 0.226 e. The van der Waals surface area contributed by atoms with Gasteiger partial charge < -0.3 is 5.32 Å². The van der Waals surface area contributed by atoms with Crippen LogP contribution in [0.3, 0.4) is 0 Å². The van der Waals surface area contributed by atoms with Gasteiger partial charge >= 0.3 is 0 Å². The molecular formula is C11H22ClNO. The number of hydrogen-bond acceptors (Lipinski definition) is 1. The lowest BCUT2D eigenvalue weighted by Crippen LogP contribution is -2.40. The van der Waals surface area contributed by atoms with Crippen LogP contribution in [-0.4, -0.2) is 18.3 Å². The molecule has 0 aliphatic carbocycles. The molecule has 3 heteroatoms. The van der Waals surface area contributed by atoms with Crippen LogP contribution in [0.4, 0.5) is 0 Å². The smallest absolute Gasteiger partial charge is 0.226 e. The fraction of sp³-hybridized carbons (Fsp3) is 0.909. The Balaban J connectivity index is 3.95. The lowest BCUT2D eigenvalue weighted by Gasteiger charge is -2.22. The molecule has 0 bridgehead atoms. The topological polar surface area (TPSA) is 29.1 Å². The fourth-order valence-electron chi connectivity index (χ4n) is 1.11. The highest BCUT2D eigenvalue weighted by molar-refractivity contribution is 6.19. The van der Waals surface area contributed by atoms with Crippen LogP contribution in [0.2, 0.25) is 0 Å². The lowest BCUT2D eigenvalue weighted by atomic mass is 9.94. The molecule has 0 spiro atoms. The van der Waals surface area contributed by atoms with Gasteiger partial charge in [0.05, 0.1) is 5.41 Å². The molecule has 0 aromatic heterocycles. The molecule has 0 radical (unpaired) electrons. The second-order valence-corrected chi connectivity index (χ2v) is 4.68. The van der Waals surface area contributed by atoms with E-state index in [1.165, 1.54) is 0 Å². The Hall–Kier alpha value is -0.240. The van der Waals surface area contributed by atoms with Crippen molar-refractivity contribution >= 4 is 17.5 Å². The van der Waals surface area contributed by atoms with Crippen molar-refractivity contribution in [2.75, 3.05) is 12.4 Å². The van der Waals surface area contributed by atoms with Gasteiger partial charge in [-0.2, -0.15) is 0 Å². The summed E-state index contributed by atoms with van der Waals surface area (Å²) in [6.45, 7) is 8.79. The van der Waals surface area contributed by atoms with Gasteiger partial charge in [0.25, 0.3) is 0 Å². The van der Waals surface area contributed by atoms with E-state index in [1.807, 2.05) is 13.8 Å².